The second-order valence-corrected chi connectivity index (χ2v) is 5.94. The van der Waals surface area contributed by atoms with Gasteiger partial charge in [-0.25, -0.2) is 4.98 Å². The van der Waals surface area contributed by atoms with Crippen LogP contribution in [0.4, 0.5) is 11.8 Å². The van der Waals surface area contributed by atoms with Crippen LogP contribution < -0.4 is 10.2 Å². The van der Waals surface area contributed by atoms with Gasteiger partial charge in [-0.2, -0.15) is 4.98 Å². The molecule has 2 aromatic rings. The molecule has 1 N–H and O–H groups in total. The maximum atomic E-state index is 4.70. The van der Waals surface area contributed by atoms with Crippen molar-refractivity contribution in [1.29, 1.82) is 0 Å². The number of anilines is 2. The highest BCUT2D eigenvalue weighted by Crippen LogP contribution is 2.19. The Kier molecular flexibility index (Phi) is 5.08. The molecule has 5 nitrogen and oxygen atoms in total. The van der Waals surface area contributed by atoms with E-state index in [0.29, 0.717) is 5.95 Å². The maximum Gasteiger partial charge on any atom is 0.225 e. The summed E-state index contributed by atoms with van der Waals surface area (Å²) >= 11 is 0. The minimum atomic E-state index is 0.184. The maximum absolute atomic E-state index is 4.70. The molecular weight excluding hydrogens is 286 g/mol. The molecule has 1 unspecified atom stereocenters. The fourth-order valence-electron chi connectivity index (χ4n) is 2.91. The molecule has 0 radical (unpaired) electrons. The van der Waals surface area contributed by atoms with Gasteiger partial charge in [0.2, 0.25) is 5.95 Å². The van der Waals surface area contributed by atoms with Gasteiger partial charge in [0, 0.05) is 32.4 Å². The van der Waals surface area contributed by atoms with E-state index in [1.165, 1.54) is 5.56 Å². The largest absolute Gasteiger partial charge is 0.354 e. The van der Waals surface area contributed by atoms with Crippen LogP contribution in [0.25, 0.3) is 0 Å². The fourth-order valence-corrected chi connectivity index (χ4v) is 2.91. The second kappa shape index (κ2) is 7.42. The van der Waals surface area contributed by atoms with Crippen LogP contribution in [0.2, 0.25) is 0 Å². The summed E-state index contributed by atoms with van der Waals surface area (Å²) in [5.41, 5.74) is 1.23. The number of benzene rings is 1. The van der Waals surface area contributed by atoms with Crippen LogP contribution in [-0.4, -0.2) is 47.6 Å². The smallest absolute Gasteiger partial charge is 0.225 e. The van der Waals surface area contributed by atoms with E-state index in [4.69, 9.17) is 4.98 Å². The van der Waals surface area contributed by atoms with Crippen molar-refractivity contribution in [3.8, 4) is 0 Å². The Balaban J connectivity index is 1.66. The first-order valence-corrected chi connectivity index (χ1v) is 8.38. The van der Waals surface area contributed by atoms with Crippen LogP contribution in [-0.2, 0) is 0 Å². The number of nitrogens with zero attached hydrogens (tertiary/aromatic N) is 4. The summed E-state index contributed by atoms with van der Waals surface area (Å²) in [5.74, 6) is 1.70. The third kappa shape index (κ3) is 3.99. The third-order valence-corrected chi connectivity index (χ3v) is 4.43. The number of rotatable bonds is 5. The normalized spacial score (nSPS) is 17.0. The molecule has 2 heterocycles. The lowest BCUT2D eigenvalue weighted by Crippen LogP contribution is -2.46. The van der Waals surface area contributed by atoms with Crippen molar-refractivity contribution in [2.45, 2.75) is 19.9 Å². The van der Waals surface area contributed by atoms with Gasteiger partial charge in [-0.1, -0.05) is 37.3 Å². The summed E-state index contributed by atoms with van der Waals surface area (Å²) in [7, 11) is 0. The summed E-state index contributed by atoms with van der Waals surface area (Å²) < 4.78 is 0. The molecule has 1 atom stereocenters. The molecule has 0 bridgehead atoms. The van der Waals surface area contributed by atoms with E-state index < -0.39 is 0 Å². The number of piperazine rings is 1. The van der Waals surface area contributed by atoms with Gasteiger partial charge in [-0.3, -0.25) is 0 Å². The lowest BCUT2D eigenvalue weighted by atomic mass is 10.1. The molecule has 0 saturated carbocycles. The zero-order valence-corrected chi connectivity index (χ0v) is 13.9. The molecular formula is C18H25N5. The Labute approximate surface area is 138 Å². The van der Waals surface area contributed by atoms with Crippen LogP contribution in [0.3, 0.4) is 0 Å². The van der Waals surface area contributed by atoms with Gasteiger partial charge >= 0.3 is 0 Å². The van der Waals surface area contributed by atoms with Gasteiger partial charge in [0.05, 0.1) is 6.04 Å². The van der Waals surface area contributed by atoms with Crippen molar-refractivity contribution in [2.24, 2.45) is 0 Å². The average molecular weight is 311 g/mol. The van der Waals surface area contributed by atoms with Crippen LogP contribution in [0.15, 0.2) is 42.6 Å². The molecule has 0 spiro atoms. The van der Waals surface area contributed by atoms with Crippen LogP contribution in [0.5, 0.6) is 0 Å². The van der Waals surface area contributed by atoms with Crippen molar-refractivity contribution in [3.63, 3.8) is 0 Å². The molecule has 1 aromatic carbocycles. The van der Waals surface area contributed by atoms with E-state index >= 15 is 0 Å². The van der Waals surface area contributed by atoms with Crippen molar-refractivity contribution in [3.05, 3.63) is 48.2 Å². The first kappa shape index (κ1) is 15.7. The Hall–Kier alpha value is -2.14. The van der Waals surface area contributed by atoms with E-state index in [1.807, 2.05) is 18.3 Å². The molecule has 1 aromatic heterocycles. The minimum absolute atomic E-state index is 0.184. The van der Waals surface area contributed by atoms with Crippen LogP contribution >= 0.6 is 0 Å². The summed E-state index contributed by atoms with van der Waals surface area (Å²) in [5, 5.41) is 3.40. The number of hydrogen-bond acceptors (Lipinski definition) is 5. The first-order chi connectivity index (χ1) is 11.3. The van der Waals surface area contributed by atoms with Gasteiger partial charge in [0.1, 0.15) is 5.82 Å². The zero-order chi connectivity index (χ0) is 16.1. The van der Waals surface area contributed by atoms with Crippen LogP contribution in [0.1, 0.15) is 25.5 Å². The van der Waals surface area contributed by atoms with Gasteiger partial charge in [0.15, 0.2) is 0 Å². The topological polar surface area (TPSA) is 44.3 Å². The van der Waals surface area contributed by atoms with Gasteiger partial charge in [-0.15, -0.1) is 0 Å². The molecule has 122 valence electrons. The van der Waals surface area contributed by atoms with Crippen molar-refractivity contribution in [2.75, 3.05) is 42.9 Å². The number of likely N-dealkylation sites (N-methyl/N-ethyl adjacent to an activating group) is 1. The molecule has 1 aliphatic rings. The molecule has 23 heavy (non-hydrogen) atoms. The molecule has 5 heteroatoms. The summed E-state index contributed by atoms with van der Waals surface area (Å²) in [6, 6.07) is 12.6. The predicted octanol–water partition coefficient (Wildman–Crippen LogP) is 2.79. The highest BCUT2D eigenvalue weighted by molar-refractivity contribution is 5.44. The van der Waals surface area contributed by atoms with Crippen LogP contribution in [0, 0.1) is 0 Å². The Morgan fingerprint density at radius 3 is 2.52 bits per heavy atom. The molecule has 3 rings (SSSR count). The number of aromatic nitrogens is 2. The highest BCUT2D eigenvalue weighted by Gasteiger charge is 2.17. The Morgan fingerprint density at radius 1 is 1.09 bits per heavy atom. The van der Waals surface area contributed by atoms with Crippen molar-refractivity contribution in [1.82, 2.24) is 14.9 Å². The predicted molar refractivity (Wildman–Crippen MR) is 94.8 cm³/mol. The summed E-state index contributed by atoms with van der Waals surface area (Å²) in [6.45, 7) is 9.72. The van der Waals surface area contributed by atoms with E-state index in [1.54, 1.807) is 0 Å². The Morgan fingerprint density at radius 2 is 1.83 bits per heavy atom. The summed E-state index contributed by atoms with van der Waals surface area (Å²) in [6.07, 6.45) is 1.84. The standard InChI is InChI=1S/C18H25N5/c1-3-22-11-13-23(14-12-22)17-9-10-19-18(21-17)20-15(2)16-7-5-4-6-8-16/h4-10,15H,3,11-14H2,1-2H3,(H,19,20,21). The molecule has 1 saturated heterocycles. The molecule has 1 aliphatic heterocycles. The molecule has 0 aliphatic carbocycles. The molecule has 0 amide bonds. The SMILES string of the molecule is CCN1CCN(c2ccnc(NC(C)c3ccccc3)n2)CC1. The zero-order valence-electron chi connectivity index (χ0n) is 13.9. The van der Waals surface area contributed by atoms with Gasteiger partial charge < -0.3 is 15.1 Å². The fraction of sp³-hybridized carbons (Fsp3) is 0.444. The monoisotopic (exact) mass is 311 g/mol. The van der Waals surface area contributed by atoms with Gasteiger partial charge in [0.25, 0.3) is 0 Å². The highest BCUT2D eigenvalue weighted by atomic mass is 15.3. The number of nitrogens with one attached hydrogen (secondary N) is 1. The average Bonchev–Trinajstić information content (AvgIpc) is 2.63. The third-order valence-electron chi connectivity index (χ3n) is 4.43. The van der Waals surface area contributed by atoms with Crippen molar-refractivity contribution >= 4 is 11.8 Å². The lowest BCUT2D eigenvalue weighted by molar-refractivity contribution is 0.270. The quantitative estimate of drug-likeness (QED) is 0.920. The van der Waals surface area contributed by atoms with E-state index in [0.717, 1.165) is 38.5 Å². The Bertz CT molecular complexity index is 608. The van der Waals surface area contributed by atoms with E-state index in [9.17, 15) is 0 Å². The summed E-state index contributed by atoms with van der Waals surface area (Å²) in [4.78, 5) is 13.9. The minimum Gasteiger partial charge on any atom is -0.354 e. The van der Waals surface area contributed by atoms with Crippen molar-refractivity contribution < 1.29 is 0 Å². The van der Waals surface area contributed by atoms with E-state index in [-0.39, 0.29) is 6.04 Å². The number of hydrogen-bond donors (Lipinski definition) is 1. The second-order valence-electron chi connectivity index (χ2n) is 5.94. The molecule has 1 fully saturated rings. The first-order valence-electron chi connectivity index (χ1n) is 8.38. The van der Waals surface area contributed by atoms with Gasteiger partial charge in [-0.05, 0) is 25.1 Å². The van der Waals surface area contributed by atoms with E-state index in [2.05, 4.69) is 58.2 Å². The lowest BCUT2D eigenvalue weighted by Gasteiger charge is -2.34.